The summed E-state index contributed by atoms with van der Waals surface area (Å²) >= 11 is 0. The number of phenols is 1. The van der Waals surface area contributed by atoms with Gasteiger partial charge in [0, 0.05) is 5.56 Å². The van der Waals surface area contributed by atoms with Gasteiger partial charge in [-0.2, -0.15) is 0 Å². The molecule has 2 aromatic rings. The second-order valence-corrected chi connectivity index (χ2v) is 4.27. The molecule has 2 aromatic carbocycles. The van der Waals surface area contributed by atoms with Gasteiger partial charge in [-0.15, -0.1) is 0 Å². The summed E-state index contributed by atoms with van der Waals surface area (Å²) in [5.74, 6) is 0.197. The second-order valence-electron chi connectivity index (χ2n) is 4.27. The van der Waals surface area contributed by atoms with E-state index in [-0.39, 0.29) is 11.6 Å². The van der Waals surface area contributed by atoms with E-state index in [0.29, 0.717) is 16.8 Å². The quantitative estimate of drug-likeness (QED) is 0.708. The molecule has 0 saturated heterocycles. The number of phenolic OH excluding ortho intramolecular Hbond substituents is 1. The lowest BCUT2D eigenvalue weighted by molar-refractivity contribution is 0.158. The summed E-state index contributed by atoms with van der Waals surface area (Å²) in [6, 6.07) is 13.7. The van der Waals surface area contributed by atoms with Crippen LogP contribution in [-0.4, -0.2) is 16.0 Å². The van der Waals surface area contributed by atoms with E-state index < -0.39 is 5.60 Å². The Balaban J connectivity index is 2.26. The van der Waals surface area contributed by atoms with Crippen LogP contribution in [0.15, 0.2) is 53.5 Å². The zero-order valence-corrected chi connectivity index (χ0v) is 9.54. The molecule has 1 unspecified atom stereocenters. The molecular weight excluding hydrogens is 228 g/mol. The van der Waals surface area contributed by atoms with E-state index in [1.54, 1.807) is 18.2 Å². The highest BCUT2D eigenvalue weighted by atomic mass is 16.3. The molecular formula is C14H12N2O2. The van der Waals surface area contributed by atoms with Crippen LogP contribution in [0.3, 0.4) is 0 Å². The number of aliphatic imine (C=N–C) groups is 1. The van der Waals surface area contributed by atoms with Crippen molar-refractivity contribution in [1.82, 2.24) is 0 Å². The van der Waals surface area contributed by atoms with Gasteiger partial charge in [0.15, 0.2) is 5.60 Å². The molecule has 18 heavy (non-hydrogen) atoms. The van der Waals surface area contributed by atoms with Crippen LogP contribution in [0, 0.1) is 0 Å². The Labute approximate surface area is 104 Å². The fourth-order valence-corrected chi connectivity index (χ4v) is 2.24. The third kappa shape index (κ3) is 1.33. The number of hydrogen-bond donors (Lipinski definition) is 3. The summed E-state index contributed by atoms with van der Waals surface area (Å²) in [7, 11) is 0. The first-order valence-electron chi connectivity index (χ1n) is 5.58. The highest BCUT2D eigenvalue weighted by Crippen LogP contribution is 2.42. The predicted octanol–water partition coefficient (Wildman–Crippen LogP) is 1.63. The number of aromatic hydroxyl groups is 1. The van der Waals surface area contributed by atoms with Crippen LogP contribution < -0.4 is 5.73 Å². The van der Waals surface area contributed by atoms with Crippen molar-refractivity contribution in [2.24, 2.45) is 10.7 Å². The first kappa shape index (κ1) is 10.8. The Morgan fingerprint density at radius 3 is 2.50 bits per heavy atom. The Bertz CT molecular complexity index is 637. The van der Waals surface area contributed by atoms with Crippen molar-refractivity contribution >= 4 is 11.5 Å². The number of nitrogens with two attached hydrogens (primary N) is 1. The maximum atomic E-state index is 10.8. The molecule has 4 nitrogen and oxygen atoms in total. The topological polar surface area (TPSA) is 78.8 Å². The first-order chi connectivity index (χ1) is 8.62. The van der Waals surface area contributed by atoms with Gasteiger partial charge in [0.2, 0.25) is 0 Å². The normalized spacial score (nSPS) is 21.5. The fourth-order valence-electron chi connectivity index (χ4n) is 2.24. The summed E-state index contributed by atoms with van der Waals surface area (Å²) < 4.78 is 0. The van der Waals surface area contributed by atoms with Crippen LogP contribution >= 0.6 is 0 Å². The molecule has 0 radical (unpaired) electrons. The number of aliphatic hydroxyl groups is 1. The van der Waals surface area contributed by atoms with Crippen LogP contribution in [0.1, 0.15) is 11.1 Å². The van der Waals surface area contributed by atoms with E-state index in [0.717, 1.165) is 0 Å². The molecule has 1 heterocycles. The molecule has 1 aliphatic rings. The van der Waals surface area contributed by atoms with Crippen LogP contribution in [0.2, 0.25) is 0 Å². The zero-order valence-electron chi connectivity index (χ0n) is 9.54. The molecule has 0 bridgehead atoms. The Hall–Kier alpha value is -2.33. The van der Waals surface area contributed by atoms with Crippen molar-refractivity contribution in [2.75, 3.05) is 0 Å². The van der Waals surface area contributed by atoms with Crippen molar-refractivity contribution in [1.29, 1.82) is 0 Å². The molecule has 4 heteroatoms. The van der Waals surface area contributed by atoms with E-state index in [1.165, 1.54) is 12.1 Å². The summed E-state index contributed by atoms with van der Waals surface area (Å²) in [5.41, 5.74) is 6.12. The number of rotatable bonds is 1. The van der Waals surface area contributed by atoms with Crippen LogP contribution in [0.25, 0.3) is 0 Å². The molecule has 3 rings (SSSR count). The van der Waals surface area contributed by atoms with Crippen molar-refractivity contribution in [2.45, 2.75) is 5.60 Å². The van der Waals surface area contributed by atoms with E-state index in [4.69, 9.17) is 5.73 Å². The third-order valence-corrected chi connectivity index (χ3v) is 3.17. The van der Waals surface area contributed by atoms with Gasteiger partial charge in [0.25, 0.3) is 0 Å². The van der Waals surface area contributed by atoms with Gasteiger partial charge >= 0.3 is 0 Å². The lowest BCUT2D eigenvalue weighted by Crippen LogP contribution is -2.39. The lowest BCUT2D eigenvalue weighted by atomic mass is 9.86. The first-order valence-corrected chi connectivity index (χ1v) is 5.58. The standard InChI is InChI=1S/C14H12N2O2/c15-13-14(18,9-4-2-1-3-5-9)11-8-10(17)6-7-12(11)16-13/h1-8,17-18H,(H2,15,16). The zero-order chi connectivity index (χ0) is 12.8. The van der Waals surface area contributed by atoms with Gasteiger partial charge in [-0.25, -0.2) is 4.99 Å². The molecule has 1 aliphatic heterocycles. The summed E-state index contributed by atoms with van der Waals surface area (Å²) in [6.07, 6.45) is 0. The van der Waals surface area contributed by atoms with Crippen molar-refractivity contribution in [3.63, 3.8) is 0 Å². The maximum Gasteiger partial charge on any atom is 0.174 e. The predicted molar refractivity (Wildman–Crippen MR) is 68.8 cm³/mol. The minimum atomic E-state index is -1.46. The maximum absolute atomic E-state index is 10.8. The molecule has 4 N–H and O–H groups in total. The van der Waals surface area contributed by atoms with Crippen LogP contribution in [0.5, 0.6) is 5.75 Å². The summed E-state index contributed by atoms with van der Waals surface area (Å²) in [4.78, 5) is 4.16. The van der Waals surface area contributed by atoms with Gasteiger partial charge in [-0.05, 0) is 23.8 Å². The number of amidine groups is 1. The molecule has 0 spiro atoms. The van der Waals surface area contributed by atoms with Gasteiger partial charge < -0.3 is 15.9 Å². The van der Waals surface area contributed by atoms with Gasteiger partial charge in [0.1, 0.15) is 11.6 Å². The largest absolute Gasteiger partial charge is 0.508 e. The van der Waals surface area contributed by atoms with Crippen molar-refractivity contribution in [3.8, 4) is 5.75 Å². The van der Waals surface area contributed by atoms with Crippen LogP contribution in [-0.2, 0) is 5.60 Å². The Morgan fingerprint density at radius 2 is 1.78 bits per heavy atom. The van der Waals surface area contributed by atoms with E-state index in [2.05, 4.69) is 4.99 Å². The second kappa shape index (κ2) is 3.58. The third-order valence-electron chi connectivity index (χ3n) is 3.17. The molecule has 0 saturated carbocycles. The number of fused-ring (bicyclic) bond motifs is 1. The average molecular weight is 240 g/mol. The number of nitrogens with zero attached hydrogens (tertiary/aromatic N) is 1. The summed E-state index contributed by atoms with van der Waals surface area (Å²) in [5, 5.41) is 20.4. The van der Waals surface area contributed by atoms with E-state index >= 15 is 0 Å². The van der Waals surface area contributed by atoms with E-state index in [1.807, 2.05) is 18.2 Å². The Kier molecular flexibility index (Phi) is 2.15. The highest BCUT2D eigenvalue weighted by Gasteiger charge is 2.42. The monoisotopic (exact) mass is 240 g/mol. The smallest absolute Gasteiger partial charge is 0.174 e. The molecule has 90 valence electrons. The SMILES string of the molecule is NC1=Nc2ccc(O)cc2C1(O)c1ccccc1. The molecule has 0 amide bonds. The van der Waals surface area contributed by atoms with Crippen molar-refractivity contribution < 1.29 is 10.2 Å². The average Bonchev–Trinajstić information content (AvgIpc) is 2.64. The molecule has 0 aromatic heterocycles. The van der Waals surface area contributed by atoms with Crippen LogP contribution in [0.4, 0.5) is 5.69 Å². The molecule has 1 atom stereocenters. The highest BCUT2D eigenvalue weighted by molar-refractivity contribution is 6.00. The minimum Gasteiger partial charge on any atom is -0.508 e. The van der Waals surface area contributed by atoms with E-state index in [9.17, 15) is 10.2 Å². The fraction of sp³-hybridized carbons (Fsp3) is 0.0714. The van der Waals surface area contributed by atoms with Gasteiger partial charge in [-0.1, -0.05) is 30.3 Å². The minimum absolute atomic E-state index is 0.0769. The number of hydrogen-bond acceptors (Lipinski definition) is 4. The van der Waals surface area contributed by atoms with Crippen molar-refractivity contribution in [3.05, 3.63) is 59.7 Å². The lowest BCUT2D eigenvalue weighted by Gasteiger charge is -2.24. The Morgan fingerprint density at radius 1 is 1.06 bits per heavy atom. The molecule has 0 fully saturated rings. The summed E-state index contributed by atoms with van der Waals surface area (Å²) in [6.45, 7) is 0. The van der Waals surface area contributed by atoms with Gasteiger partial charge in [0.05, 0.1) is 5.69 Å². The van der Waals surface area contributed by atoms with Gasteiger partial charge in [-0.3, -0.25) is 0 Å². The number of benzene rings is 2. The molecule has 0 aliphatic carbocycles.